The number of anilines is 3. The van der Waals surface area contributed by atoms with Crippen LogP contribution in [0.25, 0.3) is 21.9 Å². The van der Waals surface area contributed by atoms with Crippen molar-refractivity contribution in [2.75, 3.05) is 94.1 Å². The van der Waals surface area contributed by atoms with Crippen LogP contribution in [0.2, 0.25) is 0 Å². The molecule has 0 saturated carbocycles. The van der Waals surface area contributed by atoms with E-state index in [1.165, 1.54) is 36.2 Å². The summed E-state index contributed by atoms with van der Waals surface area (Å²) in [5.74, 6) is 0.442. The van der Waals surface area contributed by atoms with Gasteiger partial charge in [0.1, 0.15) is 19.0 Å². The molecule has 0 spiro atoms. The molecule has 0 radical (unpaired) electrons. The van der Waals surface area contributed by atoms with E-state index in [0.717, 1.165) is 70.0 Å². The molecule has 5 amide bonds. The van der Waals surface area contributed by atoms with Gasteiger partial charge >= 0.3 is 18.2 Å². The number of halogens is 1. The quantitative estimate of drug-likeness (QED) is 0.0276. The Bertz CT molecular complexity index is 4160. The molecule has 4 aromatic carbocycles. The molecule has 13 rings (SSSR count). The Labute approximate surface area is 624 Å². The summed E-state index contributed by atoms with van der Waals surface area (Å²) in [7, 11) is 3.00. The number of carboxylic acids is 1. The van der Waals surface area contributed by atoms with Gasteiger partial charge in [0.2, 0.25) is 5.91 Å². The molecule has 7 atom stereocenters. The van der Waals surface area contributed by atoms with Crippen LogP contribution in [0.3, 0.4) is 0 Å². The number of carboxylic acid groups (broad SMARTS) is 1. The van der Waals surface area contributed by atoms with E-state index in [2.05, 4.69) is 42.1 Å². The van der Waals surface area contributed by atoms with Crippen LogP contribution >= 0.6 is 34.3 Å². The van der Waals surface area contributed by atoms with Crippen LogP contribution in [-0.2, 0) is 38.0 Å². The summed E-state index contributed by atoms with van der Waals surface area (Å²) in [6.45, 7) is 10.1. The Morgan fingerprint density at radius 1 is 0.629 bits per heavy atom. The van der Waals surface area contributed by atoms with Crippen molar-refractivity contribution in [3.63, 3.8) is 0 Å². The number of thiophene rings is 2. The van der Waals surface area contributed by atoms with Crippen molar-refractivity contribution >= 4 is 109 Å². The molecule has 0 aliphatic carbocycles. The Balaban J connectivity index is 0.000000206. The van der Waals surface area contributed by atoms with Gasteiger partial charge < -0.3 is 72.3 Å². The minimum atomic E-state index is -0.957. The number of fused-ring (bicyclic) bond motifs is 7. The standard InChI is InChI=1S/C46H50ClN3O9S.C33H40N2O9S/c1-3-18-58-46(54)50-35-25-40(56-19-9-4-5-13-41(52)49-27-31(26-47)43-33-12-7-6-11-32(33)38(51)24-36(43)49)39(55-2)23-34(35)44(53)48-17-15-29(30-16-21-60-28-30)22-37(48)45(50)59-42-14-8-10-20-57-42;1-3-14-43-33(39)35-25-20-28(41-15-7-4-5-9-29(36)37)27(40-2)19-24(25)31(38)34-13-11-22(23-12-17-45-21-23)18-26(34)32(35)44-30-10-6-8-16-42-30/h3,6-7,11-12,15-16,21,23-25,28,31,37,42,45,51H,1,4-5,8-10,13-14,17-20,22,26-27H2,2H3;3,11-12,17,19-21,26,30,32H,1,4-10,13-16,18H2,2H3,(H,36,37)/t31-,37+,42?,45?;26-,30?,32?/m10/s1. The van der Waals surface area contributed by atoms with Crippen LogP contribution in [0.5, 0.6) is 28.7 Å². The van der Waals surface area contributed by atoms with Crippen molar-refractivity contribution in [2.45, 2.75) is 146 Å². The van der Waals surface area contributed by atoms with Gasteiger partial charge in [-0.1, -0.05) is 61.7 Å². The fourth-order valence-corrected chi connectivity index (χ4v) is 16.2. The third kappa shape index (κ3) is 17.3. The van der Waals surface area contributed by atoms with Crippen molar-refractivity contribution in [1.82, 2.24) is 9.80 Å². The van der Waals surface area contributed by atoms with E-state index in [-0.39, 0.29) is 78.1 Å². The van der Waals surface area contributed by atoms with E-state index in [1.807, 2.05) is 41.1 Å². The summed E-state index contributed by atoms with van der Waals surface area (Å²) < 4.78 is 60.5. The maximum Gasteiger partial charge on any atom is 0.416 e. The van der Waals surface area contributed by atoms with Crippen LogP contribution in [0.1, 0.15) is 146 Å². The highest BCUT2D eigenvalue weighted by Gasteiger charge is 2.50. The van der Waals surface area contributed by atoms with E-state index in [4.69, 9.17) is 64.1 Å². The Morgan fingerprint density at radius 2 is 1.13 bits per heavy atom. The van der Waals surface area contributed by atoms with Crippen LogP contribution in [-0.4, -0.2) is 172 Å². The van der Waals surface area contributed by atoms with Crippen molar-refractivity contribution in [2.24, 2.45) is 0 Å². The number of amides is 5. The molecule has 6 aromatic rings. The number of carbonyl (C=O) groups excluding carboxylic acids is 5. The lowest BCUT2D eigenvalue weighted by atomic mass is 9.94. The van der Waals surface area contributed by atoms with E-state index in [9.17, 15) is 33.9 Å². The summed E-state index contributed by atoms with van der Waals surface area (Å²) in [5.41, 5.74) is 7.06. The molecular weight excluding hydrogens is 1410 g/mol. The number of phenolic OH excluding ortho intramolecular Hbond substituents is 1. The predicted octanol–water partition coefficient (Wildman–Crippen LogP) is 15.3. The maximum atomic E-state index is 14.6. The third-order valence-corrected chi connectivity index (χ3v) is 21.6. The molecule has 558 valence electrons. The monoisotopic (exact) mass is 1500 g/mol. The second-order valence-electron chi connectivity index (χ2n) is 26.5. The van der Waals surface area contributed by atoms with Crippen LogP contribution in [0, 0.1) is 0 Å². The molecule has 105 heavy (non-hydrogen) atoms. The highest BCUT2D eigenvalue weighted by atomic mass is 35.5. The van der Waals surface area contributed by atoms with Gasteiger partial charge in [0.25, 0.3) is 11.8 Å². The Hall–Kier alpha value is -8.95. The average Bonchev–Trinajstić information content (AvgIpc) is 1.62. The van der Waals surface area contributed by atoms with Crippen molar-refractivity contribution < 1.29 is 86.3 Å². The molecule has 2 N–H and O–H groups in total. The maximum absolute atomic E-state index is 14.6. The summed E-state index contributed by atoms with van der Waals surface area (Å²) in [6.07, 6.45) is 12.7. The second-order valence-corrected chi connectivity index (χ2v) is 28.4. The summed E-state index contributed by atoms with van der Waals surface area (Å²) in [4.78, 5) is 89.6. The number of phenols is 1. The number of hydrogen-bond donors (Lipinski definition) is 2. The fourth-order valence-electron chi connectivity index (χ4n) is 14.6. The van der Waals surface area contributed by atoms with Crippen molar-refractivity contribution in [1.29, 1.82) is 0 Å². The molecule has 4 unspecified atom stereocenters. The molecule has 0 bridgehead atoms. The number of nitrogens with zero attached hydrogens (tertiary/aromatic N) is 5. The van der Waals surface area contributed by atoms with Gasteiger partial charge in [0, 0.05) is 81.1 Å². The lowest BCUT2D eigenvalue weighted by molar-refractivity contribution is -0.197. The zero-order chi connectivity index (χ0) is 73.5. The van der Waals surface area contributed by atoms with Crippen LogP contribution in [0.15, 0.2) is 126 Å². The molecule has 26 heteroatoms. The van der Waals surface area contributed by atoms with Gasteiger partial charge in [-0.05, 0) is 169 Å². The van der Waals surface area contributed by atoms with E-state index >= 15 is 0 Å². The van der Waals surface area contributed by atoms with Crippen molar-refractivity contribution in [3.8, 4) is 28.7 Å². The first-order valence-corrected chi connectivity index (χ1v) is 38.4. The predicted molar refractivity (Wildman–Crippen MR) is 401 cm³/mol. The smallest absolute Gasteiger partial charge is 0.416 e. The van der Waals surface area contributed by atoms with E-state index in [1.54, 1.807) is 67.7 Å². The lowest BCUT2D eigenvalue weighted by Crippen LogP contribution is -2.57. The SMILES string of the molecule is C=CCOC(=O)N1c2cc(OCCCCCC(=O)N3C[C@@H](CCl)c4c3cc(O)c3ccccc43)c(OC)cc2C(=O)N2CC=C(c3ccsc3)C[C@H]2C1OC1CCCCO1.C=CCOC(=O)N1c2cc(OCCCCCC(=O)O)c(OC)cc2C(=O)N2CC=C(c3ccsc3)C[C@H]2C1OC1CCCCO1. The zero-order valence-electron chi connectivity index (χ0n) is 59.2. The number of methoxy groups -OCH3 is 2. The van der Waals surface area contributed by atoms with Gasteiger partial charge in [-0.2, -0.15) is 22.7 Å². The van der Waals surface area contributed by atoms with Crippen LogP contribution in [0.4, 0.5) is 26.7 Å². The topological polar surface area (TPSA) is 251 Å². The molecule has 2 saturated heterocycles. The summed E-state index contributed by atoms with van der Waals surface area (Å²) in [6, 6.07) is 18.8. The van der Waals surface area contributed by atoms with E-state index in [0.29, 0.717) is 139 Å². The lowest BCUT2D eigenvalue weighted by Gasteiger charge is -2.42. The minimum absolute atomic E-state index is 0.0238. The minimum Gasteiger partial charge on any atom is -0.507 e. The number of unbranched alkanes of at least 4 members (excludes halogenated alkanes) is 4. The molecule has 2 aromatic heterocycles. The van der Waals surface area contributed by atoms with Gasteiger partial charge in [-0.3, -0.25) is 19.2 Å². The number of carbonyl (C=O) groups is 6. The summed E-state index contributed by atoms with van der Waals surface area (Å²) >= 11 is 9.59. The first-order chi connectivity index (χ1) is 51.2. The first-order valence-electron chi connectivity index (χ1n) is 36.0. The van der Waals surface area contributed by atoms with Gasteiger partial charge in [0.05, 0.1) is 67.7 Å². The molecular formula is C79H90ClN5O18S2. The van der Waals surface area contributed by atoms with E-state index < -0.39 is 55.3 Å². The van der Waals surface area contributed by atoms with Crippen molar-refractivity contribution in [3.05, 3.63) is 154 Å². The van der Waals surface area contributed by atoms with Gasteiger partial charge in [-0.15, -0.1) is 11.6 Å². The Kier molecular flexibility index (Phi) is 25.9. The fraction of sp³-hybridized carbons (Fsp3) is 0.443. The Morgan fingerprint density at radius 3 is 1.58 bits per heavy atom. The zero-order valence-corrected chi connectivity index (χ0v) is 61.6. The number of rotatable bonds is 27. The van der Waals surface area contributed by atoms with Gasteiger partial charge in [-0.25, -0.2) is 19.4 Å². The number of alkyl halides is 1. The molecule has 2 fully saturated rings. The summed E-state index contributed by atoms with van der Waals surface area (Å²) in [5, 5.41) is 29.5. The average molecular weight is 1500 g/mol. The normalized spacial score (nSPS) is 21.2. The highest BCUT2D eigenvalue weighted by Crippen LogP contribution is 2.48. The number of hydrogen-bond acceptors (Lipinski definition) is 19. The molecule has 7 aliphatic rings. The molecule has 7 aliphatic heterocycles. The number of benzene rings is 4. The largest absolute Gasteiger partial charge is 0.507 e. The second kappa shape index (κ2) is 35.9. The number of aliphatic carboxylic acids is 1. The number of aromatic hydroxyl groups is 1. The highest BCUT2D eigenvalue weighted by molar-refractivity contribution is 7.08. The third-order valence-electron chi connectivity index (χ3n) is 19.9. The number of ether oxygens (including phenoxy) is 10. The van der Waals surface area contributed by atoms with Gasteiger partial charge in [0.15, 0.2) is 48.0 Å². The first kappa shape index (κ1) is 75.7. The molecule has 23 nitrogen and oxygen atoms in total. The van der Waals surface area contributed by atoms with Crippen LogP contribution < -0.4 is 33.6 Å². The molecule has 9 heterocycles.